The molecule has 12 heteroatoms. The molecule has 1 amide bonds. The van der Waals surface area contributed by atoms with Gasteiger partial charge in [0.2, 0.25) is 26.0 Å². The van der Waals surface area contributed by atoms with Crippen LogP contribution in [0.3, 0.4) is 0 Å². The van der Waals surface area contributed by atoms with Gasteiger partial charge in [-0.2, -0.15) is 4.31 Å². The molecule has 0 aromatic heterocycles. The fourth-order valence-electron chi connectivity index (χ4n) is 3.64. The summed E-state index contributed by atoms with van der Waals surface area (Å²) in [5.41, 5.74) is 0.0465. The Morgan fingerprint density at radius 1 is 0.970 bits per heavy atom. The van der Waals surface area contributed by atoms with Crippen molar-refractivity contribution in [1.29, 1.82) is 0 Å². The zero-order valence-electron chi connectivity index (χ0n) is 18.2. The minimum Gasteiger partial charge on any atom is -0.324 e. The van der Waals surface area contributed by atoms with Gasteiger partial charge in [-0.15, -0.1) is 0 Å². The van der Waals surface area contributed by atoms with Crippen LogP contribution in [0.4, 0.5) is 20.2 Å². The Labute approximate surface area is 192 Å². The van der Waals surface area contributed by atoms with Crippen molar-refractivity contribution in [1.82, 2.24) is 4.31 Å². The summed E-state index contributed by atoms with van der Waals surface area (Å²) in [7, 11) is -7.66. The van der Waals surface area contributed by atoms with E-state index in [9.17, 15) is 30.4 Å². The van der Waals surface area contributed by atoms with E-state index in [4.69, 9.17) is 0 Å². The average molecular weight is 502 g/mol. The highest BCUT2D eigenvalue weighted by Crippen LogP contribution is 2.25. The molecule has 0 bridgehead atoms. The predicted octanol–water partition coefficient (Wildman–Crippen LogP) is 2.93. The maximum absolute atomic E-state index is 13.7. The van der Waals surface area contributed by atoms with Gasteiger partial charge < -0.3 is 5.32 Å². The molecule has 3 rings (SSSR count). The summed E-state index contributed by atoms with van der Waals surface area (Å²) in [6.45, 7) is 2.22. The summed E-state index contributed by atoms with van der Waals surface area (Å²) < 4.78 is 79.1. The first-order valence-electron chi connectivity index (χ1n) is 10.3. The monoisotopic (exact) mass is 501 g/mol. The molecule has 1 N–H and O–H groups in total. The highest BCUT2D eigenvalue weighted by atomic mass is 32.2. The first-order valence-corrected chi connectivity index (χ1v) is 13.6. The minimum absolute atomic E-state index is 0.0926. The number of carbonyl (C=O) groups excluding carboxylic acids is 1. The second-order valence-corrected chi connectivity index (χ2v) is 11.6. The molecule has 2 aromatic rings. The van der Waals surface area contributed by atoms with E-state index >= 15 is 0 Å². The molecule has 2 aromatic carbocycles. The van der Waals surface area contributed by atoms with Crippen molar-refractivity contribution < 1.29 is 30.4 Å². The third-order valence-corrected chi connectivity index (χ3v) is 8.48. The van der Waals surface area contributed by atoms with Crippen LogP contribution in [0.5, 0.6) is 0 Å². The lowest BCUT2D eigenvalue weighted by atomic mass is 10.2. The lowest BCUT2D eigenvalue weighted by molar-refractivity contribution is -0.116. The van der Waals surface area contributed by atoms with Gasteiger partial charge in [-0.3, -0.25) is 9.10 Å². The number of sulfonamides is 2. The van der Waals surface area contributed by atoms with Crippen LogP contribution in [0.2, 0.25) is 0 Å². The van der Waals surface area contributed by atoms with Gasteiger partial charge in [0.25, 0.3) is 0 Å². The summed E-state index contributed by atoms with van der Waals surface area (Å²) in [6.07, 6.45) is 3.45. The maximum Gasteiger partial charge on any atom is 0.247 e. The standard InChI is InChI=1S/C21H25F2N3O5S2/c1-15(26(32(2,28)29)17-8-11-19(22)20(23)14-17)21(27)24-16-6-9-18(10-7-16)33(30,31)25-12-4-3-5-13-25/h6-11,14-15H,3-5,12-13H2,1-2H3,(H,24,27). The van der Waals surface area contributed by atoms with Gasteiger partial charge in [-0.1, -0.05) is 6.42 Å². The third kappa shape index (κ3) is 5.68. The van der Waals surface area contributed by atoms with Gasteiger partial charge >= 0.3 is 0 Å². The molecular weight excluding hydrogens is 476 g/mol. The van der Waals surface area contributed by atoms with Crippen molar-refractivity contribution >= 4 is 37.3 Å². The van der Waals surface area contributed by atoms with Crippen LogP contribution in [0.25, 0.3) is 0 Å². The van der Waals surface area contributed by atoms with Gasteiger partial charge in [0, 0.05) is 24.8 Å². The molecule has 1 aliphatic rings. The molecule has 1 aliphatic heterocycles. The Morgan fingerprint density at radius 2 is 1.58 bits per heavy atom. The number of halogens is 2. The lowest BCUT2D eigenvalue weighted by Crippen LogP contribution is -2.45. The minimum atomic E-state index is -4.02. The van der Waals surface area contributed by atoms with E-state index in [0.29, 0.717) is 23.5 Å². The van der Waals surface area contributed by atoms with Crippen molar-refractivity contribution in [2.24, 2.45) is 0 Å². The van der Waals surface area contributed by atoms with Crippen LogP contribution in [-0.4, -0.2) is 52.4 Å². The topological polar surface area (TPSA) is 104 Å². The van der Waals surface area contributed by atoms with E-state index in [-0.39, 0.29) is 16.3 Å². The zero-order chi connectivity index (χ0) is 24.4. The normalized spacial score (nSPS) is 16.2. The van der Waals surface area contributed by atoms with E-state index in [1.807, 2.05) is 0 Å². The molecule has 0 radical (unpaired) electrons. The van der Waals surface area contributed by atoms with Crippen LogP contribution < -0.4 is 9.62 Å². The summed E-state index contributed by atoms with van der Waals surface area (Å²) in [4.78, 5) is 12.8. The van der Waals surface area contributed by atoms with E-state index in [2.05, 4.69) is 5.32 Å². The molecule has 8 nitrogen and oxygen atoms in total. The van der Waals surface area contributed by atoms with Crippen LogP contribution in [-0.2, 0) is 24.8 Å². The number of rotatable bonds is 7. The van der Waals surface area contributed by atoms with Crippen LogP contribution in [0.15, 0.2) is 47.4 Å². The smallest absolute Gasteiger partial charge is 0.247 e. The number of piperidine rings is 1. The summed E-state index contributed by atoms with van der Waals surface area (Å²) >= 11 is 0. The largest absolute Gasteiger partial charge is 0.324 e. The number of anilines is 2. The molecule has 33 heavy (non-hydrogen) atoms. The first-order chi connectivity index (χ1) is 15.4. The quantitative estimate of drug-likeness (QED) is 0.628. The van der Waals surface area contributed by atoms with Gasteiger partial charge in [0.1, 0.15) is 6.04 Å². The summed E-state index contributed by atoms with van der Waals surface area (Å²) in [5, 5.41) is 2.53. The highest BCUT2D eigenvalue weighted by molar-refractivity contribution is 7.92. The number of amides is 1. The van der Waals surface area contributed by atoms with Gasteiger partial charge in [-0.25, -0.2) is 25.6 Å². The fraction of sp³-hybridized carbons (Fsp3) is 0.381. The van der Waals surface area contributed by atoms with Crippen LogP contribution in [0, 0.1) is 11.6 Å². The molecule has 1 saturated heterocycles. The van der Waals surface area contributed by atoms with E-state index < -0.39 is 43.6 Å². The third-order valence-electron chi connectivity index (χ3n) is 5.32. The molecule has 1 unspecified atom stereocenters. The molecular formula is C21H25F2N3O5S2. The average Bonchev–Trinajstić information content (AvgIpc) is 2.76. The van der Waals surface area contributed by atoms with Gasteiger partial charge in [0.05, 0.1) is 16.8 Å². The maximum atomic E-state index is 13.7. The van der Waals surface area contributed by atoms with Gasteiger partial charge in [-0.05, 0) is 56.2 Å². The number of hydrogen-bond donors (Lipinski definition) is 1. The zero-order valence-corrected chi connectivity index (χ0v) is 19.8. The van der Waals surface area contributed by atoms with Crippen molar-refractivity contribution in [3.05, 3.63) is 54.1 Å². The second-order valence-electron chi connectivity index (χ2n) is 7.81. The fourth-order valence-corrected chi connectivity index (χ4v) is 6.33. The molecule has 0 aliphatic carbocycles. The van der Waals surface area contributed by atoms with E-state index in [1.165, 1.54) is 35.5 Å². The van der Waals surface area contributed by atoms with Crippen LogP contribution in [0.1, 0.15) is 26.2 Å². The summed E-state index contributed by atoms with van der Waals surface area (Å²) in [6, 6.07) is 6.77. The Morgan fingerprint density at radius 3 is 2.12 bits per heavy atom. The number of benzene rings is 2. The van der Waals surface area contributed by atoms with Crippen molar-refractivity contribution in [2.75, 3.05) is 29.0 Å². The second kappa shape index (κ2) is 9.74. The SMILES string of the molecule is CC(C(=O)Nc1ccc(S(=O)(=O)N2CCCCC2)cc1)N(c1ccc(F)c(F)c1)S(C)(=O)=O. The van der Waals surface area contributed by atoms with Crippen molar-refractivity contribution in [3.8, 4) is 0 Å². The molecule has 1 heterocycles. The Balaban J connectivity index is 1.78. The number of nitrogens with one attached hydrogen (secondary N) is 1. The van der Waals surface area contributed by atoms with E-state index in [0.717, 1.165) is 37.7 Å². The van der Waals surface area contributed by atoms with Crippen molar-refractivity contribution in [3.63, 3.8) is 0 Å². The van der Waals surface area contributed by atoms with Crippen molar-refractivity contribution in [2.45, 2.75) is 37.1 Å². The molecule has 1 fully saturated rings. The number of carbonyl (C=O) groups is 1. The van der Waals surface area contributed by atoms with Crippen LogP contribution >= 0.6 is 0 Å². The van der Waals surface area contributed by atoms with E-state index in [1.54, 1.807) is 0 Å². The molecule has 0 spiro atoms. The predicted molar refractivity (Wildman–Crippen MR) is 121 cm³/mol. The van der Waals surface area contributed by atoms with Gasteiger partial charge in [0.15, 0.2) is 11.6 Å². The highest BCUT2D eigenvalue weighted by Gasteiger charge is 2.30. The first kappa shape index (κ1) is 25.1. The Hall–Kier alpha value is -2.57. The Kier molecular flexibility index (Phi) is 7.39. The lowest BCUT2D eigenvalue weighted by Gasteiger charge is -2.28. The molecule has 0 saturated carbocycles. The molecule has 180 valence electrons. The Bertz CT molecular complexity index is 1230. The summed E-state index contributed by atoms with van der Waals surface area (Å²) in [5.74, 6) is -3.14. The number of nitrogens with zero attached hydrogens (tertiary/aromatic N) is 2. The molecule has 1 atom stereocenters. The number of hydrogen-bond acceptors (Lipinski definition) is 5.